The minimum atomic E-state index is -1.11. The van der Waals surface area contributed by atoms with Crippen molar-refractivity contribution in [3.05, 3.63) is 0 Å². The normalized spacial score (nSPS) is 10.8. The molecule has 0 aliphatic rings. The SMILES string of the molecule is CCCCCCCCC(=O)O.OCC(CO)(CO)CO. The van der Waals surface area contributed by atoms with Crippen LogP contribution in [0.15, 0.2) is 0 Å². The molecule has 0 saturated carbocycles. The second kappa shape index (κ2) is 14.7. The fourth-order valence-corrected chi connectivity index (χ4v) is 1.36. The van der Waals surface area contributed by atoms with E-state index in [1.165, 1.54) is 25.7 Å². The highest BCUT2D eigenvalue weighted by molar-refractivity contribution is 5.66. The van der Waals surface area contributed by atoms with E-state index in [1.54, 1.807) is 0 Å². The standard InChI is InChI=1S/C9H18O2.C5H12O4/c1-2-3-4-5-6-7-8-9(10)11;6-1-5(2-7,3-8)4-9/h2-8H2,1H3,(H,10,11);6-9H,1-4H2. The number of hydrogen-bond acceptors (Lipinski definition) is 5. The Morgan fingerprint density at radius 3 is 1.50 bits per heavy atom. The Balaban J connectivity index is 0. The van der Waals surface area contributed by atoms with Gasteiger partial charge in [0, 0.05) is 6.42 Å². The van der Waals surface area contributed by atoms with Crippen LogP contribution < -0.4 is 0 Å². The van der Waals surface area contributed by atoms with E-state index in [4.69, 9.17) is 25.5 Å². The Morgan fingerprint density at radius 2 is 1.20 bits per heavy atom. The van der Waals surface area contributed by atoms with Crippen LogP contribution in [0.5, 0.6) is 0 Å². The molecular formula is C14H30O6. The van der Waals surface area contributed by atoms with Gasteiger partial charge in [0.05, 0.1) is 31.8 Å². The molecule has 0 aromatic rings. The summed E-state index contributed by atoms with van der Waals surface area (Å²) < 4.78 is 0. The number of rotatable bonds is 11. The number of aliphatic hydroxyl groups excluding tert-OH is 4. The molecule has 0 spiro atoms. The van der Waals surface area contributed by atoms with Crippen LogP contribution in [0.1, 0.15) is 51.9 Å². The molecule has 0 amide bonds. The lowest BCUT2D eigenvalue weighted by molar-refractivity contribution is -0.137. The van der Waals surface area contributed by atoms with Crippen molar-refractivity contribution in [2.45, 2.75) is 51.9 Å². The van der Waals surface area contributed by atoms with Crippen molar-refractivity contribution in [3.63, 3.8) is 0 Å². The molecule has 0 rings (SSSR count). The van der Waals surface area contributed by atoms with Crippen molar-refractivity contribution in [1.82, 2.24) is 0 Å². The zero-order chi connectivity index (χ0) is 15.9. The molecule has 0 aromatic carbocycles. The number of carbonyl (C=O) groups is 1. The molecule has 0 aliphatic carbocycles. The monoisotopic (exact) mass is 294 g/mol. The second-order valence-corrected chi connectivity index (χ2v) is 5.04. The Bertz CT molecular complexity index is 198. The summed E-state index contributed by atoms with van der Waals surface area (Å²) in [5.74, 6) is -0.666. The summed E-state index contributed by atoms with van der Waals surface area (Å²) in [6, 6.07) is 0. The van der Waals surface area contributed by atoms with Gasteiger partial charge in [0.2, 0.25) is 0 Å². The Hall–Kier alpha value is -0.690. The molecule has 0 unspecified atom stereocenters. The molecule has 20 heavy (non-hydrogen) atoms. The topological polar surface area (TPSA) is 118 Å². The van der Waals surface area contributed by atoms with Gasteiger partial charge in [-0.25, -0.2) is 0 Å². The molecule has 0 atom stereocenters. The summed E-state index contributed by atoms with van der Waals surface area (Å²) in [6.07, 6.45) is 7.25. The Morgan fingerprint density at radius 1 is 0.800 bits per heavy atom. The summed E-state index contributed by atoms with van der Waals surface area (Å²) in [4.78, 5) is 10.1. The van der Waals surface area contributed by atoms with E-state index in [9.17, 15) is 4.79 Å². The van der Waals surface area contributed by atoms with E-state index < -0.39 is 37.8 Å². The molecule has 6 nitrogen and oxygen atoms in total. The fraction of sp³-hybridized carbons (Fsp3) is 0.929. The predicted molar refractivity (Wildman–Crippen MR) is 76.4 cm³/mol. The minimum absolute atomic E-state index is 0.339. The van der Waals surface area contributed by atoms with Crippen LogP contribution in [0.4, 0.5) is 0 Å². The van der Waals surface area contributed by atoms with Gasteiger partial charge < -0.3 is 25.5 Å². The number of aliphatic carboxylic acids is 1. The van der Waals surface area contributed by atoms with Gasteiger partial charge in [0.25, 0.3) is 0 Å². The van der Waals surface area contributed by atoms with E-state index in [1.807, 2.05) is 0 Å². The third-order valence-corrected chi connectivity index (χ3v) is 3.09. The third-order valence-electron chi connectivity index (χ3n) is 3.09. The van der Waals surface area contributed by atoms with Crippen molar-refractivity contribution < 1.29 is 30.3 Å². The highest BCUT2D eigenvalue weighted by Crippen LogP contribution is 2.11. The molecule has 6 heteroatoms. The van der Waals surface area contributed by atoms with Crippen LogP contribution in [0.25, 0.3) is 0 Å². The maximum Gasteiger partial charge on any atom is 0.303 e. The first-order valence-electron chi connectivity index (χ1n) is 7.17. The first kappa shape index (κ1) is 21.6. The van der Waals surface area contributed by atoms with Gasteiger partial charge in [0.1, 0.15) is 0 Å². The molecule has 0 bridgehead atoms. The van der Waals surface area contributed by atoms with Crippen molar-refractivity contribution in [2.75, 3.05) is 26.4 Å². The van der Waals surface area contributed by atoms with E-state index >= 15 is 0 Å². The van der Waals surface area contributed by atoms with Gasteiger partial charge in [-0.15, -0.1) is 0 Å². The summed E-state index contributed by atoms with van der Waals surface area (Å²) >= 11 is 0. The maximum atomic E-state index is 10.1. The Kier molecular flexibility index (Phi) is 15.9. The molecule has 0 aliphatic heterocycles. The van der Waals surface area contributed by atoms with Gasteiger partial charge in [0.15, 0.2) is 0 Å². The first-order valence-corrected chi connectivity index (χ1v) is 7.17. The fourth-order valence-electron chi connectivity index (χ4n) is 1.36. The average Bonchev–Trinajstić information content (AvgIpc) is 2.46. The van der Waals surface area contributed by atoms with Crippen LogP contribution >= 0.6 is 0 Å². The molecule has 122 valence electrons. The number of carboxylic acid groups (broad SMARTS) is 1. The molecule has 0 heterocycles. The van der Waals surface area contributed by atoms with Crippen LogP contribution in [0, 0.1) is 5.41 Å². The third kappa shape index (κ3) is 12.3. The van der Waals surface area contributed by atoms with Gasteiger partial charge in [-0.3, -0.25) is 4.79 Å². The molecular weight excluding hydrogens is 264 g/mol. The lowest BCUT2D eigenvalue weighted by atomic mass is 9.93. The van der Waals surface area contributed by atoms with Crippen LogP contribution in [0.3, 0.4) is 0 Å². The molecule has 0 radical (unpaired) electrons. The van der Waals surface area contributed by atoms with Crippen molar-refractivity contribution in [1.29, 1.82) is 0 Å². The molecule has 0 fully saturated rings. The summed E-state index contributed by atoms with van der Waals surface area (Å²) in [6.45, 7) is 0.553. The predicted octanol–water partition coefficient (Wildman–Crippen LogP) is 0.764. The molecule has 0 saturated heterocycles. The lowest BCUT2D eigenvalue weighted by Gasteiger charge is -2.23. The van der Waals surface area contributed by atoms with E-state index in [2.05, 4.69) is 6.92 Å². The largest absolute Gasteiger partial charge is 0.481 e. The maximum absolute atomic E-state index is 10.1. The van der Waals surface area contributed by atoms with Crippen LogP contribution in [-0.2, 0) is 4.79 Å². The van der Waals surface area contributed by atoms with Crippen molar-refractivity contribution in [3.8, 4) is 0 Å². The zero-order valence-electron chi connectivity index (χ0n) is 12.4. The van der Waals surface area contributed by atoms with Crippen molar-refractivity contribution in [2.24, 2.45) is 5.41 Å². The zero-order valence-corrected chi connectivity index (χ0v) is 12.4. The Labute approximate surface area is 121 Å². The van der Waals surface area contributed by atoms with E-state index in [0.29, 0.717) is 6.42 Å². The number of hydrogen-bond donors (Lipinski definition) is 5. The van der Waals surface area contributed by atoms with Gasteiger partial charge in [-0.05, 0) is 6.42 Å². The lowest BCUT2D eigenvalue weighted by Crippen LogP contribution is -2.37. The molecule has 0 aromatic heterocycles. The van der Waals surface area contributed by atoms with E-state index in [-0.39, 0.29) is 0 Å². The van der Waals surface area contributed by atoms with Crippen LogP contribution in [-0.4, -0.2) is 57.9 Å². The minimum Gasteiger partial charge on any atom is -0.481 e. The van der Waals surface area contributed by atoms with Gasteiger partial charge in [-0.2, -0.15) is 0 Å². The number of carboxylic acids is 1. The summed E-state index contributed by atoms with van der Waals surface area (Å²) in [5, 5.41) is 42.3. The van der Waals surface area contributed by atoms with Gasteiger partial charge in [-0.1, -0.05) is 39.0 Å². The quantitative estimate of drug-likeness (QED) is 0.359. The van der Waals surface area contributed by atoms with E-state index in [0.717, 1.165) is 12.8 Å². The first-order chi connectivity index (χ1) is 9.51. The summed E-state index contributed by atoms with van der Waals surface area (Å²) in [7, 11) is 0. The van der Waals surface area contributed by atoms with Crippen molar-refractivity contribution >= 4 is 5.97 Å². The molecule has 5 N–H and O–H groups in total. The number of aliphatic hydroxyl groups is 4. The average molecular weight is 294 g/mol. The highest BCUT2D eigenvalue weighted by Gasteiger charge is 2.26. The highest BCUT2D eigenvalue weighted by atomic mass is 16.4. The number of unbranched alkanes of at least 4 members (excludes halogenated alkanes) is 5. The van der Waals surface area contributed by atoms with Gasteiger partial charge >= 0.3 is 5.97 Å². The smallest absolute Gasteiger partial charge is 0.303 e. The van der Waals surface area contributed by atoms with Crippen LogP contribution in [0.2, 0.25) is 0 Å². The second-order valence-electron chi connectivity index (χ2n) is 5.04. The summed E-state index contributed by atoms with van der Waals surface area (Å²) in [5.41, 5.74) is -1.11.